The second-order valence-corrected chi connectivity index (χ2v) is 8.38. The topological polar surface area (TPSA) is 66.5 Å². The lowest BCUT2D eigenvalue weighted by Gasteiger charge is -2.19. The van der Waals surface area contributed by atoms with Gasteiger partial charge in [-0.15, -0.1) is 0 Å². The standard InChI is InChI=1S/C18H21BrN2O3S/c1-4-21(5-2)25(23,24)16-11-6-13(3)17(12-16)18(22)20-15-9-7-14(19)8-10-15/h6-12H,4-5H2,1-3H3,(H,20,22). The van der Waals surface area contributed by atoms with Crippen LogP contribution in [0.15, 0.2) is 51.8 Å². The monoisotopic (exact) mass is 424 g/mol. The Balaban J connectivity index is 2.35. The number of carbonyl (C=O) groups is 1. The van der Waals surface area contributed by atoms with Crippen LogP contribution in [0.4, 0.5) is 5.69 Å². The minimum atomic E-state index is -3.61. The summed E-state index contributed by atoms with van der Waals surface area (Å²) in [6, 6.07) is 11.8. The number of carbonyl (C=O) groups excluding carboxylic acids is 1. The molecule has 2 rings (SSSR count). The summed E-state index contributed by atoms with van der Waals surface area (Å²) >= 11 is 3.34. The summed E-state index contributed by atoms with van der Waals surface area (Å²) < 4.78 is 27.6. The largest absolute Gasteiger partial charge is 0.322 e. The third-order valence-corrected chi connectivity index (χ3v) is 6.47. The van der Waals surface area contributed by atoms with E-state index in [1.807, 2.05) is 12.1 Å². The van der Waals surface area contributed by atoms with Crippen molar-refractivity contribution in [3.8, 4) is 0 Å². The molecule has 5 nitrogen and oxygen atoms in total. The van der Waals surface area contributed by atoms with E-state index in [9.17, 15) is 13.2 Å². The van der Waals surface area contributed by atoms with E-state index < -0.39 is 10.0 Å². The van der Waals surface area contributed by atoms with Gasteiger partial charge in [0.2, 0.25) is 10.0 Å². The molecule has 2 aromatic carbocycles. The lowest BCUT2D eigenvalue weighted by Crippen LogP contribution is -2.30. The number of amides is 1. The van der Waals surface area contributed by atoms with Crippen LogP contribution in [0.25, 0.3) is 0 Å². The molecule has 0 aromatic heterocycles. The molecule has 0 unspecified atom stereocenters. The average molecular weight is 425 g/mol. The normalized spacial score (nSPS) is 11.6. The Morgan fingerprint density at radius 2 is 1.68 bits per heavy atom. The van der Waals surface area contributed by atoms with Crippen LogP contribution in [0, 0.1) is 6.92 Å². The fourth-order valence-corrected chi connectivity index (χ4v) is 4.20. The van der Waals surface area contributed by atoms with Gasteiger partial charge in [0, 0.05) is 28.8 Å². The molecule has 0 spiro atoms. The van der Waals surface area contributed by atoms with E-state index in [0.717, 1.165) is 4.47 Å². The van der Waals surface area contributed by atoms with Gasteiger partial charge >= 0.3 is 0 Å². The van der Waals surface area contributed by atoms with E-state index >= 15 is 0 Å². The first-order chi connectivity index (χ1) is 11.8. The highest BCUT2D eigenvalue weighted by Crippen LogP contribution is 2.21. The Bertz CT molecular complexity index is 860. The summed E-state index contributed by atoms with van der Waals surface area (Å²) in [5.74, 6) is -0.337. The molecule has 0 aliphatic carbocycles. The molecule has 0 atom stereocenters. The number of hydrogen-bond donors (Lipinski definition) is 1. The van der Waals surface area contributed by atoms with Crippen LogP contribution in [-0.2, 0) is 10.0 Å². The molecule has 7 heteroatoms. The minimum absolute atomic E-state index is 0.128. The molecular weight excluding hydrogens is 404 g/mol. The average Bonchev–Trinajstić information content (AvgIpc) is 2.58. The quantitative estimate of drug-likeness (QED) is 0.760. The van der Waals surface area contributed by atoms with Crippen LogP contribution in [0.3, 0.4) is 0 Å². The molecular formula is C18H21BrN2O3S. The number of nitrogens with zero attached hydrogens (tertiary/aromatic N) is 1. The molecule has 0 fully saturated rings. The molecule has 2 aromatic rings. The highest BCUT2D eigenvalue weighted by atomic mass is 79.9. The van der Waals surface area contributed by atoms with Crippen LogP contribution in [0.1, 0.15) is 29.8 Å². The van der Waals surface area contributed by atoms with E-state index in [1.54, 1.807) is 45.0 Å². The molecule has 1 amide bonds. The number of anilines is 1. The van der Waals surface area contributed by atoms with Crippen molar-refractivity contribution in [3.05, 3.63) is 58.1 Å². The van der Waals surface area contributed by atoms with Crippen molar-refractivity contribution in [3.63, 3.8) is 0 Å². The van der Waals surface area contributed by atoms with Gasteiger partial charge in [0.05, 0.1) is 4.90 Å². The summed E-state index contributed by atoms with van der Waals surface area (Å²) in [6.45, 7) is 6.12. The second-order valence-electron chi connectivity index (χ2n) is 5.53. The molecule has 0 radical (unpaired) electrons. The molecule has 0 bridgehead atoms. The van der Waals surface area contributed by atoms with Gasteiger partial charge in [0.15, 0.2) is 0 Å². The van der Waals surface area contributed by atoms with Crippen LogP contribution in [0.5, 0.6) is 0 Å². The van der Waals surface area contributed by atoms with Gasteiger partial charge in [0.25, 0.3) is 5.91 Å². The van der Waals surface area contributed by atoms with E-state index in [0.29, 0.717) is 29.9 Å². The van der Waals surface area contributed by atoms with Crippen LogP contribution >= 0.6 is 15.9 Å². The summed E-state index contributed by atoms with van der Waals surface area (Å²) in [4.78, 5) is 12.7. The minimum Gasteiger partial charge on any atom is -0.322 e. The second kappa shape index (κ2) is 8.12. The van der Waals surface area contributed by atoms with Gasteiger partial charge in [-0.05, 0) is 48.9 Å². The lowest BCUT2D eigenvalue weighted by molar-refractivity contribution is 0.102. The summed E-state index contributed by atoms with van der Waals surface area (Å²) in [7, 11) is -3.61. The SMILES string of the molecule is CCN(CC)S(=O)(=O)c1ccc(C)c(C(=O)Nc2ccc(Br)cc2)c1. The van der Waals surface area contributed by atoms with Crippen molar-refractivity contribution in [2.24, 2.45) is 0 Å². The fraction of sp³-hybridized carbons (Fsp3) is 0.278. The Labute approximate surface area is 157 Å². The molecule has 0 aliphatic rings. The fourth-order valence-electron chi connectivity index (χ4n) is 2.45. The molecule has 0 saturated carbocycles. The zero-order valence-electron chi connectivity index (χ0n) is 14.4. The number of sulfonamides is 1. The van der Waals surface area contributed by atoms with Gasteiger partial charge in [-0.2, -0.15) is 4.31 Å². The molecule has 0 saturated heterocycles. The molecule has 134 valence electrons. The van der Waals surface area contributed by atoms with Crippen LogP contribution in [0.2, 0.25) is 0 Å². The number of benzene rings is 2. The van der Waals surface area contributed by atoms with E-state index in [2.05, 4.69) is 21.2 Å². The van der Waals surface area contributed by atoms with E-state index in [1.165, 1.54) is 10.4 Å². The predicted octanol–water partition coefficient (Wildman–Crippen LogP) is 4.04. The predicted molar refractivity (Wildman–Crippen MR) is 103 cm³/mol. The van der Waals surface area contributed by atoms with Crippen molar-refractivity contribution >= 4 is 37.5 Å². The highest BCUT2D eigenvalue weighted by molar-refractivity contribution is 9.10. The first-order valence-electron chi connectivity index (χ1n) is 7.97. The summed E-state index contributed by atoms with van der Waals surface area (Å²) in [5, 5.41) is 2.79. The zero-order chi connectivity index (χ0) is 18.6. The maximum atomic E-state index is 12.7. The summed E-state index contributed by atoms with van der Waals surface area (Å²) in [6.07, 6.45) is 0. The van der Waals surface area contributed by atoms with Crippen LogP contribution in [-0.4, -0.2) is 31.7 Å². The van der Waals surface area contributed by atoms with Crippen molar-refractivity contribution in [2.45, 2.75) is 25.7 Å². The third kappa shape index (κ3) is 4.48. The lowest BCUT2D eigenvalue weighted by atomic mass is 10.1. The molecule has 25 heavy (non-hydrogen) atoms. The van der Waals surface area contributed by atoms with Crippen LogP contribution < -0.4 is 5.32 Å². The summed E-state index contributed by atoms with van der Waals surface area (Å²) in [5.41, 5.74) is 1.70. The number of rotatable bonds is 6. The van der Waals surface area contributed by atoms with Crippen molar-refractivity contribution < 1.29 is 13.2 Å². The van der Waals surface area contributed by atoms with E-state index in [-0.39, 0.29) is 10.8 Å². The van der Waals surface area contributed by atoms with Gasteiger partial charge < -0.3 is 5.32 Å². The van der Waals surface area contributed by atoms with Crippen molar-refractivity contribution in [1.29, 1.82) is 0 Å². The number of hydrogen-bond acceptors (Lipinski definition) is 3. The first-order valence-corrected chi connectivity index (χ1v) is 10.2. The Morgan fingerprint density at radius 1 is 1.08 bits per heavy atom. The first kappa shape index (κ1) is 19.6. The molecule has 1 N–H and O–H groups in total. The smallest absolute Gasteiger partial charge is 0.255 e. The highest BCUT2D eigenvalue weighted by Gasteiger charge is 2.23. The number of aryl methyl sites for hydroxylation is 1. The van der Waals surface area contributed by atoms with Gasteiger partial charge in [-0.25, -0.2) is 8.42 Å². The Morgan fingerprint density at radius 3 is 2.24 bits per heavy atom. The Hall–Kier alpha value is -1.70. The molecule has 0 aliphatic heterocycles. The van der Waals surface area contributed by atoms with Crippen molar-refractivity contribution in [2.75, 3.05) is 18.4 Å². The third-order valence-electron chi connectivity index (χ3n) is 3.90. The number of nitrogens with one attached hydrogen (secondary N) is 1. The zero-order valence-corrected chi connectivity index (χ0v) is 16.8. The maximum Gasteiger partial charge on any atom is 0.255 e. The van der Waals surface area contributed by atoms with Gasteiger partial charge in [-0.3, -0.25) is 4.79 Å². The van der Waals surface area contributed by atoms with Crippen molar-refractivity contribution in [1.82, 2.24) is 4.31 Å². The molecule has 0 heterocycles. The van der Waals surface area contributed by atoms with E-state index in [4.69, 9.17) is 0 Å². The number of halogens is 1. The maximum absolute atomic E-state index is 12.7. The van der Waals surface area contributed by atoms with Gasteiger partial charge in [-0.1, -0.05) is 35.8 Å². The Kier molecular flexibility index (Phi) is 6.37. The van der Waals surface area contributed by atoms with Gasteiger partial charge in [0.1, 0.15) is 0 Å².